The molecule has 0 aromatic heterocycles. The number of nitrogens with zero attached hydrogens (tertiary/aromatic N) is 15. The molecule has 0 aliphatic heterocycles. The van der Waals surface area contributed by atoms with Crippen molar-refractivity contribution in [3.63, 3.8) is 0 Å². The Kier molecular flexibility index (Phi) is 23.6. The van der Waals surface area contributed by atoms with E-state index in [1.54, 1.807) is 0 Å². The number of benzene rings is 3. The van der Waals surface area contributed by atoms with Crippen LogP contribution in [0, 0.1) is 0 Å². The van der Waals surface area contributed by atoms with Gasteiger partial charge in [0, 0.05) is 0 Å². The van der Waals surface area contributed by atoms with Gasteiger partial charge >= 0.3 is 468 Å². The minimum atomic E-state index is -4.19. The zero-order valence-electron chi connectivity index (χ0n) is 54.3. The summed E-state index contributed by atoms with van der Waals surface area (Å²) in [7, 11) is 63.4. The quantitative estimate of drug-likeness (QED) is 0.0912. The molecule has 0 atom stereocenters. The number of allylic oxidation sites excluding steroid dienone is 4. The molecular weight excluding hydrogens is 1080 g/mol. The van der Waals surface area contributed by atoms with Crippen LogP contribution in [-0.2, 0) is 20.4 Å². The second-order valence-corrected chi connectivity index (χ2v) is 29.5. The molecule has 0 spiro atoms. The van der Waals surface area contributed by atoms with Crippen LogP contribution >= 0.6 is 0 Å². The molecule has 0 bridgehead atoms. The molecule has 1 aliphatic carbocycles. The molecule has 0 heterocycles. The Balaban J connectivity index is 0.00000988. The van der Waals surface area contributed by atoms with Crippen LogP contribution in [0.4, 0.5) is 85.3 Å². The Bertz CT molecular complexity index is 2280. The van der Waals surface area contributed by atoms with Gasteiger partial charge in [0.2, 0.25) is 0 Å². The summed E-state index contributed by atoms with van der Waals surface area (Å²) in [6.45, 7) is 9.74. The summed E-state index contributed by atoms with van der Waals surface area (Å²) in [5, 5.41) is 4.06. The van der Waals surface area contributed by atoms with Crippen LogP contribution in [0.1, 0.15) is 27.7 Å². The topological polar surface area (TPSA) is 48.6 Å². The zero-order chi connectivity index (χ0) is 57.4. The predicted octanol–water partition coefficient (Wildman–Crippen LogP) is -2.91. The molecular formula is C57H102Cl3N15SiTi. The summed E-state index contributed by atoms with van der Waals surface area (Å²) in [6, 6.07) is 0. The Morgan fingerprint density at radius 3 is 0.429 bits per heavy atom. The van der Waals surface area contributed by atoms with Crippen molar-refractivity contribution in [2.75, 3.05) is 285 Å². The van der Waals surface area contributed by atoms with Crippen molar-refractivity contribution in [1.82, 2.24) is 0 Å². The summed E-state index contributed by atoms with van der Waals surface area (Å²) >= 11 is 2.67. The number of hydrogen-bond donors (Lipinski definition) is 0. The normalized spacial score (nSPS) is 12.8. The van der Waals surface area contributed by atoms with E-state index in [0.717, 1.165) is 0 Å². The SMILES string of the molecule is CC1=C(C)[C]([Ti+3])([Si](c2c(N(C)C)c(N(C)C)c(N(C)C)c(N(C)C)c2N(C)C)(c2c(N(C)C)c(N(C)C)c(N(C)C)c(N(C)C)c2N(C)C)c2c(N(C)C)c(N(C)C)c(N(C)C)c(N(C)C)c2N(C)C)C(C)=C1C.[Cl-].[Cl-].[Cl-]. The monoisotopic (exact) mass is 1180 g/mol. The summed E-state index contributed by atoms with van der Waals surface area (Å²) in [5.74, 6) is 0. The van der Waals surface area contributed by atoms with Crippen LogP contribution in [0.5, 0.6) is 0 Å². The van der Waals surface area contributed by atoms with Crippen molar-refractivity contribution in [3.8, 4) is 0 Å². The van der Waals surface area contributed by atoms with E-state index in [2.05, 4.69) is 333 Å². The van der Waals surface area contributed by atoms with Crippen LogP contribution in [-0.4, -0.2) is 220 Å². The van der Waals surface area contributed by atoms with Crippen molar-refractivity contribution >= 4 is 109 Å². The van der Waals surface area contributed by atoms with E-state index in [0.29, 0.717) is 0 Å². The third-order valence-electron chi connectivity index (χ3n) is 15.3. The number of hydrogen-bond acceptors (Lipinski definition) is 15. The second-order valence-electron chi connectivity index (χ2n) is 23.8. The first-order chi connectivity index (χ1) is 33.8. The largest absolute Gasteiger partial charge is 1.00 e. The van der Waals surface area contributed by atoms with Gasteiger partial charge in [0.25, 0.3) is 0 Å². The fourth-order valence-electron chi connectivity index (χ4n) is 12.5. The second kappa shape index (κ2) is 25.6. The maximum Gasteiger partial charge on any atom is -1.00 e. The Labute approximate surface area is 501 Å². The molecule has 0 amide bonds. The molecule has 0 radical (unpaired) electrons. The molecule has 3 aromatic carbocycles. The summed E-state index contributed by atoms with van der Waals surface area (Å²) in [4.78, 5) is 36.1. The number of rotatable bonds is 19. The van der Waals surface area contributed by atoms with E-state index in [1.807, 2.05) is 0 Å². The van der Waals surface area contributed by atoms with Crippen LogP contribution in [0.2, 0.25) is 3.34 Å². The smallest absolute Gasteiger partial charge is 1.00 e. The molecule has 20 heteroatoms. The van der Waals surface area contributed by atoms with E-state index in [4.69, 9.17) is 0 Å². The summed E-state index contributed by atoms with van der Waals surface area (Å²) in [6.07, 6.45) is 0. The van der Waals surface area contributed by atoms with Crippen molar-refractivity contribution in [2.45, 2.75) is 31.0 Å². The van der Waals surface area contributed by atoms with E-state index >= 15 is 0 Å². The maximum atomic E-state index is 2.67. The first-order valence-corrected chi connectivity index (χ1v) is 28.6. The maximum absolute atomic E-state index is 4.19. The fraction of sp³-hybridized carbons (Fsp3) is 0.614. The van der Waals surface area contributed by atoms with Crippen molar-refractivity contribution < 1.29 is 57.7 Å². The Morgan fingerprint density at radius 2 is 0.325 bits per heavy atom. The van der Waals surface area contributed by atoms with E-state index < -0.39 is 11.4 Å². The molecule has 0 saturated heterocycles. The van der Waals surface area contributed by atoms with Crippen molar-refractivity contribution in [2.24, 2.45) is 0 Å². The van der Waals surface area contributed by atoms with E-state index in [-0.39, 0.29) is 37.2 Å². The van der Waals surface area contributed by atoms with Gasteiger partial charge in [0.05, 0.1) is 0 Å². The Morgan fingerprint density at radius 1 is 0.221 bits per heavy atom. The third-order valence-corrected chi connectivity index (χ3v) is 23.8. The minimum absolute atomic E-state index is 0. The van der Waals surface area contributed by atoms with Crippen LogP contribution in [0.25, 0.3) is 0 Å². The molecule has 0 saturated carbocycles. The van der Waals surface area contributed by atoms with Crippen molar-refractivity contribution in [1.29, 1.82) is 0 Å². The van der Waals surface area contributed by atoms with Gasteiger partial charge in [-0.1, -0.05) is 0 Å². The molecule has 4 rings (SSSR count). The average Bonchev–Trinajstić information content (AvgIpc) is 3.41. The fourth-order valence-corrected chi connectivity index (χ4v) is 22.4. The average molecular weight is 1180 g/mol. The summed E-state index contributed by atoms with van der Waals surface area (Å²) < 4.78 is -0.645. The van der Waals surface area contributed by atoms with Gasteiger partial charge in [-0.3, -0.25) is 0 Å². The zero-order valence-corrected chi connectivity index (χ0v) is 59.2. The number of halogens is 3. The molecule has 434 valence electrons. The minimum Gasteiger partial charge on any atom is -1.00 e. The van der Waals surface area contributed by atoms with Crippen LogP contribution in [0.15, 0.2) is 22.3 Å². The molecule has 15 nitrogen and oxygen atoms in total. The molecule has 0 fully saturated rings. The van der Waals surface area contributed by atoms with Crippen molar-refractivity contribution in [3.05, 3.63) is 22.3 Å². The number of anilines is 15. The first kappa shape index (κ1) is 71.0. The molecule has 0 unspecified atom stereocenters. The molecule has 3 aromatic rings. The van der Waals surface area contributed by atoms with Crippen LogP contribution < -0.4 is 126 Å². The predicted molar refractivity (Wildman–Crippen MR) is 338 cm³/mol. The first-order valence-electron chi connectivity index (χ1n) is 25.8. The van der Waals surface area contributed by atoms with Gasteiger partial charge in [-0.05, 0) is 0 Å². The van der Waals surface area contributed by atoms with E-state index in [1.165, 1.54) is 123 Å². The molecule has 77 heavy (non-hydrogen) atoms. The standard InChI is InChI=1S/C57H102N15Si.3ClH.Ti/c1-35-36(2)38(4)54(37(35)3)73(55-48(67(23)24)42(61(11)12)39(58(5)6)43(62(13)14)49(55)68(25)26,56-50(69(27)28)44(63(15)16)40(59(7)8)45(64(17)18)51(56)70(29)30)57-52(71(31)32)46(65(19)20)41(60(9)10)47(66(21)22)53(57)72(33)34;;;;/h1-34H3;3*1H;/q;;;;+3/p-3. The summed E-state index contributed by atoms with van der Waals surface area (Å²) in [5.41, 5.74) is 23.3. The molecule has 1 aliphatic rings. The van der Waals surface area contributed by atoms with E-state index in [9.17, 15) is 0 Å². The van der Waals surface area contributed by atoms with Gasteiger partial charge < -0.3 is 37.2 Å². The van der Waals surface area contributed by atoms with Gasteiger partial charge in [-0.2, -0.15) is 0 Å². The van der Waals surface area contributed by atoms with Crippen LogP contribution in [0.3, 0.4) is 0 Å². The van der Waals surface area contributed by atoms with Gasteiger partial charge in [-0.15, -0.1) is 0 Å². The molecule has 0 N–H and O–H groups in total. The third kappa shape index (κ3) is 11.0. The van der Waals surface area contributed by atoms with Gasteiger partial charge in [0.1, 0.15) is 0 Å². The van der Waals surface area contributed by atoms with Gasteiger partial charge in [-0.25, -0.2) is 0 Å². The van der Waals surface area contributed by atoms with Gasteiger partial charge in [0.15, 0.2) is 0 Å². The Hall–Kier alpha value is -4.06.